The van der Waals surface area contributed by atoms with Crippen LogP contribution in [-0.4, -0.2) is 53.4 Å². The van der Waals surface area contributed by atoms with Crippen LogP contribution in [0.25, 0.3) is 0 Å². The number of nitrogens with two attached hydrogens (primary N) is 1. The summed E-state index contributed by atoms with van der Waals surface area (Å²) in [5, 5.41) is 0. The zero-order chi connectivity index (χ0) is 14.1. The first-order valence-corrected chi connectivity index (χ1v) is 7.09. The summed E-state index contributed by atoms with van der Waals surface area (Å²) in [5.41, 5.74) is 5.43. The number of thiocarbonyl (C=S) groups is 1. The van der Waals surface area contributed by atoms with Crippen LogP contribution in [0.3, 0.4) is 0 Å². The van der Waals surface area contributed by atoms with Crippen molar-refractivity contribution in [2.45, 2.75) is 46.1 Å². The quantitative estimate of drug-likeness (QED) is 0.649. The number of hydrogen-bond donors (Lipinski definition) is 1. The summed E-state index contributed by atoms with van der Waals surface area (Å²) in [6.45, 7) is 8.92. The lowest BCUT2D eigenvalue weighted by atomic mass is 10.2. The van der Waals surface area contributed by atoms with Crippen LogP contribution in [0.5, 0.6) is 0 Å². The van der Waals surface area contributed by atoms with Gasteiger partial charge >= 0.3 is 0 Å². The molecule has 1 amide bonds. The molecule has 0 bridgehead atoms. The molecule has 0 aliphatic carbocycles. The third-order valence-corrected chi connectivity index (χ3v) is 3.56. The van der Waals surface area contributed by atoms with Crippen molar-refractivity contribution in [3.8, 4) is 0 Å². The second kappa shape index (κ2) is 9.28. The van der Waals surface area contributed by atoms with Crippen molar-refractivity contribution in [2.24, 2.45) is 5.73 Å². The highest BCUT2D eigenvalue weighted by molar-refractivity contribution is 7.80. The van der Waals surface area contributed by atoms with Gasteiger partial charge in [0.2, 0.25) is 5.91 Å². The highest BCUT2D eigenvalue weighted by atomic mass is 32.1. The molecule has 0 fully saturated rings. The summed E-state index contributed by atoms with van der Waals surface area (Å²) in [7, 11) is 1.81. The lowest BCUT2D eigenvalue weighted by Gasteiger charge is -2.27. The van der Waals surface area contributed by atoms with Crippen molar-refractivity contribution >= 4 is 23.1 Å². The highest BCUT2D eigenvalue weighted by Crippen LogP contribution is 2.05. The zero-order valence-corrected chi connectivity index (χ0v) is 12.9. The number of carbonyl (C=O) groups is 1. The van der Waals surface area contributed by atoms with Crippen molar-refractivity contribution in [3.05, 3.63) is 0 Å². The fourth-order valence-electron chi connectivity index (χ4n) is 1.78. The number of hydrogen-bond acceptors (Lipinski definition) is 3. The molecule has 0 saturated carbocycles. The van der Waals surface area contributed by atoms with Gasteiger partial charge in [-0.05, 0) is 19.9 Å². The second-order valence-electron chi connectivity index (χ2n) is 4.67. The molecular weight excluding hydrogens is 246 g/mol. The normalized spacial score (nSPS) is 12.5. The van der Waals surface area contributed by atoms with E-state index in [1.54, 1.807) is 11.9 Å². The van der Waals surface area contributed by atoms with Gasteiger partial charge in [0.1, 0.15) is 0 Å². The summed E-state index contributed by atoms with van der Waals surface area (Å²) in [6, 6.07) is 0.532. The maximum atomic E-state index is 11.9. The lowest BCUT2D eigenvalue weighted by Crippen LogP contribution is -2.37. The Kier molecular flexibility index (Phi) is 8.93. The van der Waals surface area contributed by atoms with Crippen LogP contribution >= 0.6 is 12.2 Å². The molecule has 5 heteroatoms. The van der Waals surface area contributed by atoms with Crippen LogP contribution in [0, 0.1) is 0 Å². The standard InChI is InChI=1S/C13H27N3OS/c1-5-11(3)16(6-2)10-8-13(17)15(4)9-7-12(14)18/h11H,5-10H2,1-4H3,(H2,14,18). The fraction of sp³-hybridized carbons (Fsp3) is 0.846. The molecule has 0 spiro atoms. The highest BCUT2D eigenvalue weighted by Gasteiger charge is 2.14. The summed E-state index contributed by atoms with van der Waals surface area (Å²) in [6.07, 6.45) is 2.27. The number of nitrogens with zero attached hydrogens (tertiary/aromatic N) is 2. The van der Waals surface area contributed by atoms with Gasteiger partial charge in [0.25, 0.3) is 0 Å². The van der Waals surface area contributed by atoms with Crippen molar-refractivity contribution < 1.29 is 4.79 Å². The average molecular weight is 273 g/mol. The Hall–Kier alpha value is -0.680. The van der Waals surface area contributed by atoms with E-state index in [1.165, 1.54) is 0 Å². The summed E-state index contributed by atoms with van der Waals surface area (Å²) in [4.78, 5) is 16.4. The molecule has 0 radical (unpaired) electrons. The van der Waals surface area contributed by atoms with Crippen molar-refractivity contribution in [3.63, 3.8) is 0 Å². The van der Waals surface area contributed by atoms with Crippen LogP contribution in [-0.2, 0) is 4.79 Å². The van der Waals surface area contributed by atoms with E-state index in [4.69, 9.17) is 18.0 Å². The van der Waals surface area contributed by atoms with E-state index < -0.39 is 0 Å². The largest absolute Gasteiger partial charge is 0.393 e. The molecule has 1 unspecified atom stereocenters. The van der Waals surface area contributed by atoms with Gasteiger partial charge < -0.3 is 15.5 Å². The topological polar surface area (TPSA) is 49.6 Å². The molecule has 0 aromatic rings. The summed E-state index contributed by atoms with van der Waals surface area (Å²) in [5.74, 6) is 0.160. The number of amides is 1. The van der Waals surface area contributed by atoms with E-state index in [0.29, 0.717) is 30.4 Å². The average Bonchev–Trinajstić information content (AvgIpc) is 2.35. The van der Waals surface area contributed by atoms with E-state index in [2.05, 4.69) is 25.7 Å². The minimum Gasteiger partial charge on any atom is -0.393 e. The van der Waals surface area contributed by atoms with E-state index in [1.807, 2.05) is 0 Å². The molecule has 1 atom stereocenters. The Bertz CT molecular complexity index is 271. The molecular formula is C13H27N3OS. The number of carbonyl (C=O) groups excluding carboxylic acids is 1. The minimum absolute atomic E-state index is 0.160. The van der Waals surface area contributed by atoms with E-state index in [-0.39, 0.29) is 5.91 Å². The molecule has 0 rings (SSSR count). The first-order chi connectivity index (χ1) is 8.42. The molecule has 0 aromatic carbocycles. The molecule has 18 heavy (non-hydrogen) atoms. The lowest BCUT2D eigenvalue weighted by molar-refractivity contribution is -0.130. The van der Waals surface area contributed by atoms with Crippen molar-refractivity contribution in [1.82, 2.24) is 9.80 Å². The first kappa shape index (κ1) is 17.3. The maximum absolute atomic E-state index is 11.9. The Morgan fingerprint density at radius 1 is 1.28 bits per heavy atom. The van der Waals surface area contributed by atoms with Gasteiger partial charge in [0, 0.05) is 39.0 Å². The third kappa shape index (κ3) is 6.91. The smallest absolute Gasteiger partial charge is 0.223 e. The summed E-state index contributed by atoms with van der Waals surface area (Å²) >= 11 is 4.81. The molecule has 0 heterocycles. The van der Waals surface area contributed by atoms with Gasteiger partial charge in [0.05, 0.1) is 4.99 Å². The van der Waals surface area contributed by atoms with E-state index in [0.717, 1.165) is 19.5 Å². The molecule has 0 saturated heterocycles. The van der Waals surface area contributed by atoms with Crippen LogP contribution in [0.15, 0.2) is 0 Å². The monoisotopic (exact) mass is 273 g/mol. The summed E-state index contributed by atoms with van der Waals surface area (Å²) < 4.78 is 0. The molecule has 4 nitrogen and oxygen atoms in total. The van der Waals surface area contributed by atoms with E-state index in [9.17, 15) is 4.79 Å². The molecule has 2 N–H and O–H groups in total. The van der Waals surface area contributed by atoms with Crippen LogP contribution in [0.1, 0.15) is 40.0 Å². The van der Waals surface area contributed by atoms with Crippen LogP contribution in [0.4, 0.5) is 0 Å². The van der Waals surface area contributed by atoms with Gasteiger partial charge in [-0.15, -0.1) is 0 Å². The van der Waals surface area contributed by atoms with Crippen LogP contribution in [0.2, 0.25) is 0 Å². The SMILES string of the molecule is CCC(C)N(CC)CCC(=O)N(C)CCC(N)=S. The predicted octanol–water partition coefficient (Wildman–Crippen LogP) is 1.63. The molecule has 0 aliphatic rings. The third-order valence-electron chi connectivity index (χ3n) is 3.35. The Morgan fingerprint density at radius 2 is 1.89 bits per heavy atom. The van der Waals surface area contributed by atoms with Crippen LogP contribution < -0.4 is 5.73 Å². The van der Waals surface area contributed by atoms with Gasteiger partial charge in [-0.3, -0.25) is 4.79 Å². The van der Waals surface area contributed by atoms with Gasteiger partial charge in [-0.25, -0.2) is 0 Å². The Balaban J connectivity index is 4.03. The molecule has 0 aliphatic heterocycles. The second-order valence-corrected chi connectivity index (χ2v) is 5.19. The van der Waals surface area contributed by atoms with Crippen molar-refractivity contribution in [2.75, 3.05) is 26.7 Å². The zero-order valence-electron chi connectivity index (χ0n) is 12.1. The fourth-order valence-corrected chi connectivity index (χ4v) is 1.87. The maximum Gasteiger partial charge on any atom is 0.223 e. The predicted molar refractivity (Wildman–Crippen MR) is 80.7 cm³/mol. The number of rotatable bonds is 9. The van der Waals surface area contributed by atoms with Gasteiger partial charge in [-0.1, -0.05) is 26.1 Å². The van der Waals surface area contributed by atoms with Crippen molar-refractivity contribution in [1.29, 1.82) is 0 Å². The Labute approximate surface area is 116 Å². The minimum atomic E-state index is 0.160. The van der Waals surface area contributed by atoms with Gasteiger partial charge in [0.15, 0.2) is 0 Å². The Morgan fingerprint density at radius 3 is 2.33 bits per heavy atom. The molecule has 106 valence electrons. The van der Waals surface area contributed by atoms with E-state index >= 15 is 0 Å². The first-order valence-electron chi connectivity index (χ1n) is 6.68. The molecule has 0 aromatic heterocycles. The van der Waals surface area contributed by atoms with Gasteiger partial charge in [-0.2, -0.15) is 0 Å².